The van der Waals surface area contributed by atoms with Crippen molar-refractivity contribution in [1.82, 2.24) is 0 Å². The van der Waals surface area contributed by atoms with Gasteiger partial charge in [-0.1, -0.05) is 84.9 Å². The molecule has 0 unspecified atom stereocenters. The summed E-state index contributed by atoms with van der Waals surface area (Å²) < 4.78 is 6.25. The van der Waals surface area contributed by atoms with Crippen LogP contribution in [0.1, 0.15) is 5.56 Å². The lowest BCUT2D eigenvalue weighted by Gasteiger charge is -2.16. The first-order chi connectivity index (χ1) is 15.8. The third-order valence-corrected chi connectivity index (χ3v) is 6.79. The molecule has 32 heavy (non-hydrogen) atoms. The SMILES string of the molecule is Cc1ccccc1-c1ccc2ccc3c(-c4cc5ccccc5o4)ccc4ccc1c2c43. The Morgan fingerprint density at radius 2 is 1.12 bits per heavy atom. The van der Waals surface area contributed by atoms with E-state index in [1.807, 2.05) is 12.1 Å². The van der Waals surface area contributed by atoms with E-state index in [2.05, 4.69) is 97.9 Å². The first kappa shape index (κ1) is 17.6. The van der Waals surface area contributed by atoms with Gasteiger partial charge in [-0.2, -0.15) is 0 Å². The van der Waals surface area contributed by atoms with Crippen molar-refractivity contribution in [2.45, 2.75) is 6.92 Å². The molecule has 7 aromatic rings. The number of hydrogen-bond acceptors (Lipinski definition) is 1. The molecular weight excluding hydrogens is 388 g/mol. The van der Waals surface area contributed by atoms with Gasteiger partial charge in [0, 0.05) is 10.9 Å². The molecule has 0 aliphatic heterocycles. The van der Waals surface area contributed by atoms with Crippen LogP contribution in [0.15, 0.2) is 108 Å². The highest BCUT2D eigenvalue weighted by molar-refractivity contribution is 6.27. The Balaban J connectivity index is 1.59. The zero-order chi connectivity index (χ0) is 21.2. The largest absolute Gasteiger partial charge is 0.456 e. The Hall–Kier alpha value is -4.10. The lowest BCUT2D eigenvalue weighted by Crippen LogP contribution is -1.90. The van der Waals surface area contributed by atoms with Crippen molar-refractivity contribution in [1.29, 1.82) is 0 Å². The van der Waals surface area contributed by atoms with E-state index in [1.54, 1.807) is 0 Å². The van der Waals surface area contributed by atoms with Crippen LogP contribution in [0, 0.1) is 6.92 Å². The minimum Gasteiger partial charge on any atom is -0.456 e. The molecule has 0 N–H and O–H groups in total. The van der Waals surface area contributed by atoms with Crippen LogP contribution in [-0.4, -0.2) is 0 Å². The zero-order valence-electron chi connectivity index (χ0n) is 17.7. The van der Waals surface area contributed by atoms with E-state index in [4.69, 9.17) is 4.42 Å². The van der Waals surface area contributed by atoms with Gasteiger partial charge in [0.25, 0.3) is 0 Å². The van der Waals surface area contributed by atoms with Crippen molar-refractivity contribution >= 4 is 43.3 Å². The van der Waals surface area contributed by atoms with Crippen molar-refractivity contribution in [3.05, 3.63) is 109 Å². The summed E-state index contributed by atoms with van der Waals surface area (Å²) in [5.41, 5.74) is 5.95. The average Bonchev–Trinajstić information content (AvgIpc) is 3.27. The smallest absolute Gasteiger partial charge is 0.136 e. The molecule has 6 aromatic carbocycles. The maximum atomic E-state index is 6.25. The fraction of sp³-hybridized carbons (Fsp3) is 0.0323. The Labute approximate surface area is 185 Å². The highest BCUT2D eigenvalue weighted by atomic mass is 16.3. The average molecular weight is 409 g/mol. The van der Waals surface area contributed by atoms with Gasteiger partial charge >= 0.3 is 0 Å². The summed E-state index contributed by atoms with van der Waals surface area (Å²) in [6.07, 6.45) is 0. The van der Waals surface area contributed by atoms with E-state index in [1.165, 1.54) is 49.0 Å². The Bertz CT molecular complexity index is 1750. The van der Waals surface area contributed by atoms with Crippen LogP contribution in [0.5, 0.6) is 0 Å². The van der Waals surface area contributed by atoms with Gasteiger partial charge < -0.3 is 4.42 Å². The van der Waals surface area contributed by atoms with Crippen molar-refractivity contribution in [2.24, 2.45) is 0 Å². The standard InChI is InChI=1S/C31H20O/c1-19-6-2-4-8-23(19)24-14-10-20-13-17-27-25(29-18-22-7-3-5-9-28(22)32-29)15-11-21-12-16-26(24)30(20)31(21)27/h2-18H,1H3. The molecule has 0 amide bonds. The van der Waals surface area contributed by atoms with Gasteiger partial charge in [-0.15, -0.1) is 0 Å². The van der Waals surface area contributed by atoms with Gasteiger partial charge in [-0.25, -0.2) is 0 Å². The van der Waals surface area contributed by atoms with Crippen LogP contribution in [0.2, 0.25) is 0 Å². The zero-order valence-corrected chi connectivity index (χ0v) is 17.7. The molecule has 1 aromatic heterocycles. The van der Waals surface area contributed by atoms with Crippen LogP contribution < -0.4 is 0 Å². The topological polar surface area (TPSA) is 13.1 Å². The molecule has 0 aliphatic carbocycles. The number of benzene rings is 6. The van der Waals surface area contributed by atoms with E-state index < -0.39 is 0 Å². The summed E-state index contributed by atoms with van der Waals surface area (Å²) in [6, 6.07) is 37.0. The maximum Gasteiger partial charge on any atom is 0.136 e. The van der Waals surface area contributed by atoms with Gasteiger partial charge in [0.15, 0.2) is 0 Å². The summed E-state index contributed by atoms with van der Waals surface area (Å²) in [7, 11) is 0. The molecule has 0 bridgehead atoms. The van der Waals surface area contributed by atoms with Crippen molar-refractivity contribution in [3.8, 4) is 22.5 Å². The fourth-order valence-electron chi connectivity index (χ4n) is 5.24. The first-order valence-corrected chi connectivity index (χ1v) is 11.0. The number of aryl methyl sites for hydroxylation is 1. The third kappa shape index (κ3) is 2.39. The third-order valence-electron chi connectivity index (χ3n) is 6.79. The molecule has 0 spiro atoms. The molecule has 0 saturated heterocycles. The summed E-state index contributed by atoms with van der Waals surface area (Å²) >= 11 is 0. The van der Waals surface area contributed by atoms with E-state index >= 15 is 0 Å². The molecule has 1 heterocycles. The molecule has 0 atom stereocenters. The maximum absolute atomic E-state index is 6.25. The van der Waals surface area contributed by atoms with Gasteiger partial charge in [0.05, 0.1) is 0 Å². The first-order valence-electron chi connectivity index (χ1n) is 11.0. The van der Waals surface area contributed by atoms with E-state index in [0.717, 1.165) is 22.3 Å². The van der Waals surface area contributed by atoms with Crippen molar-refractivity contribution < 1.29 is 4.42 Å². The molecule has 0 radical (unpaired) electrons. The van der Waals surface area contributed by atoms with E-state index in [-0.39, 0.29) is 0 Å². The van der Waals surface area contributed by atoms with Crippen LogP contribution in [0.25, 0.3) is 65.7 Å². The molecule has 1 nitrogen and oxygen atoms in total. The Morgan fingerprint density at radius 1 is 0.500 bits per heavy atom. The van der Waals surface area contributed by atoms with Crippen LogP contribution in [-0.2, 0) is 0 Å². The number of fused-ring (bicyclic) bond motifs is 1. The molecule has 1 heteroatoms. The summed E-state index contributed by atoms with van der Waals surface area (Å²) in [5.74, 6) is 0.920. The second kappa shape index (κ2) is 6.45. The molecule has 0 fully saturated rings. The number of hydrogen-bond donors (Lipinski definition) is 0. The fourth-order valence-corrected chi connectivity index (χ4v) is 5.24. The van der Waals surface area contributed by atoms with Gasteiger partial charge in [0.2, 0.25) is 0 Å². The minimum absolute atomic E-state index is 0.920. The van der Waals surface area contributed by atoms with Crippen LogP contribution in [0.3, 0.4) is 0 Å². The van der Waals surface area contributed by atoms with Crippen molar-refractivity contribution in [3.63, 3.8) is 0 Å². The molecule has 150 valence electrons. The second-order valence-corrected chi connectivity index (χ2v) is 8.61. The van der Waals surface area contributed by atoms with E-state index in [9.17, 15) is 0 Å². The van der Waals surface area contributed by atoms with Crippen molar-refractivity contribution in [2.75, 3.05) is 0 Å². The molecule has 0 saturated carbocycles. The predicted octanol–water partition coefficient (Wildman–Crippen LogP) is 8.97. The number of furan rings is 1. The number of rotatable bonds is 2. The normalized spacial score (nSPS) is 11.9. The minimum atomic E-state index is 0.920. The van der Waals surface area contributed by atoms with E-state index in [0.29, 0.717) is 0 Å². The summed E-state index contributed by atoms with van der Waals surface area (Å²) in [4.78, 5) is 0. The van der Waals surface area contributed by atoms with Gasteiger partial charge in [-0.3, -0.25) is 0 Å². The van der Waals surface area contributed by atoms with Crippen LogP contribution >= 0.6 is 0 Å². The van der Waals surface area contributed by atoms with Gasteiger partial charge in [-0.05, 0) is 74.1 Å². The van der Waals surface area contributed by atoms with Gasteiger partial charge in [0.1, 0.15) is 11.3 Å². The van der Waals surface area contributed by atoms with Crippen LogP contribution in [0.4, 0.5) is 0 Å². The lowest BCUT2D eigenvalue weighted by atomic mass is 9.87. The second-order valence-electron chi connectivity index (χ2n) is 8.61. The highest BCUT2D eigenvalue weighted by Gasteiger charge is 2.16. The monoisotopic (exact) mass is 408 g/mol. The molecule has 0 aliphatic rings. The quantitative estimate of drug-likeness (QED) is 0.260. The Kier molecular flexibility index (Phi) is 3.54. The number of para-hydroxylation sites is 1. The molecular formula is C31H20O. The summed E-state index contributed by atoms with van der Waals surface area (Å²) in [6.45, 7) is 2.19. The summed E-state index contributed by atoms with van der Waals surface area (Å²) in [5, 5.41) is 8.86. The lowest BCUT2D eigenvalue weighted by molar-refractivity contribution is 0.632. The highest BCUT2D eigenvalue weighted by Crippen LogP contribution is 2.43. The molecule has 7 rings (SSSR count). The Morgan fingerprint density at radius 3 is 1.88 bits per heavy atom. The predicted molar refractivity (Wildman–Crippen MR) is 136 cm³/mol.